The van der Waals surface area contributed by atoms with E-state index >= 15 is 0 Å². The van der Waals surface area contributed by atoms with Gasteiger partial charge in [-0.3, -0.25) is 4.79 Å². The number of carbonyl (C=O) groups is 1. The maximum Gasteiger partial charge on any atom is 0.416 e. The number of aliphatic hydroxyl groups excluding tert-OH is 1. The van der Waals surface area contributed by atoms with E-state index in [4.69, 9.17) is 0 Å². The van der Waals surface area contributed by atoms with Gasteiger partial charge in [-0.1, -0.05) is 11.3 Å². The number of aromatic nitrogens is 3. The predicted molar refractivity (Wildman–Crippen MR) is 117 cm³/mol. The molecular formula is C21H21F3N6O2S. The van der Waals surface area contributed by atoms with Gasteiger partial charge in [0.05, 0.1) is 24.4 Å². The fourth-order valence-electron chi connectivity index (χ4n) is 3.32. The molecule has 3 N–H and O–H groups in total. The van der Waals surface area contributed by atoms with Crippen LogP contribution in [0.3, 0.4) is 0 Å². The number of hydrogen-bond donors (Lipinski definition) is 3. The van der Waals surface area contributed by atoms with Gasteiger partial charge in [0, 0.05) is 24.8 Å². The number of amides is 1. The van der Waals surface area contributed by atoms with E-state index in [2.05, 4.69) is 25.6 Å². The minimum Gasteiger partial charge on any atom is -0.393 e. The zero-order valence-electron chi connectivity index (χ0n) is 17.3. The van der Waals surface area contributed by atoms with E-state index in [0.29, 0.717) is 47.4 Å². The Morgan fingerprint density at radius 1 is 1.15 bits per heavy atom. The van der Waals surface area contributed by atoms with Gasteiger partial charge in [0.25, 0.3) is 5.91 Å². The number of halogens is 3. The van der Waals surface area contributed by atoms with Crippen LogP contribution in [0.5, 0.6) is 0 Å². The highest BCUT2D eigenvalue weighted by molar-refractivity contribution is 7.15. The first-order valence-corrected chi connectivity index (χ1v) is 11.0. The Bertz CT molecular complexity index is 1100. The number of piperidine rings is 1. The van der Waals surface area contributed by atoms with Gasteiger partial charge >= 0.3 is 6.18 Å². The van der Waals surface area contributed by atoms with Crippen LogP contribution in [-0.4, -0.2) is 45.2 Å². The zero-order chi connectivity index (χ0) is 23.4. The molecule has 12 heteroatoms. The van der Waals surface area contributed by atoms with E-state index in [1.54, 1.807) is 12.3 Å². The third-order valence-electron chi connectivity index (χ3n) is 5.11. The van der Waals surface area contributed by atoms with Gasteiger partial charge in [0.1, 0.15) is 27.8 Å². The molecule has 0 saturated carbocycles. The standard InChI is InChI=1S/C21H21F3N6O2S/c22-21(23,24)13-1-3-14(4-2-13)29-19-11-25-18(33-19)10-26-20(32)16-9-17(28-12-27-16)30-7-5-15(31)6-8-30/h1-4,9,11-12,15,29,31H,5-8,10H2,(H,26,32). The number of aliphatic hydroxyl groups is 1. The third kappa shape index (κ3) is 5.96. The lowest BCUT2D eigenvalue weighted by atomic mass is 10.1. The van der Waals surface area contributed by atoms with Crippen LogP contribution in [0.1, 0.15) is 33.9 Å². The number of thiazole rings is 1. The molecule has 174 valence electrons. The van der Waals surface area contributed by atoms with Crippen LogP contribution < -0.4 is 15.5 Å². The number of alkyl halides is 3. The third-order valence-corrected chi connectivity index (χ3v) is 6.02. The fraction of sp³-hybridized carbons (Fsp3) is 0.333. The van der Waals surface area contributed by atoms with E-state index < -0.39 is 11.7 Å². The van der Waals surface area contributed by atoms with Gasteiger partial charge < -0.3 is 20.6 Å². The highest BCUT2D eigenvalue weighted by atomic mass is 32.1. The Morgan fingerprint density at radius 3 is 2.58 bits per heavy atom. The van der Waals surface area contributed by atoms with Gasteiger partial charge in [0.15, 0.2) is 0 Å². The average Bonchev–Trinajstić information content (AvgIpc) is 3.25. The first-order chi connectivity index (χ1) is 15.8. The SMILES string of the molecule is O=C(NCc1ncc(Nc2ccc(C(F)(F)F)cc2)s1)c1cc(N2CCC(O)CC2)ncn1. The Balaban J connectivity index is 1.32. The van der Waals surface area contributed by atoms with Crippen molar-refractivity contribution in [2.24, 2.45) is 0 Å². The van der Waals surface area contributed by atoms with Gasteiger partial charge in [-0.25, -0.2) is 15.0 Å². The van der Waals surface area contributed by atoms with Crippen molar-refractivity contribution in [2.75, 3.05) is 23.3 Å². The molecule has 1 saturated heterocycles. The summed E-state index contributed by atoms with van der Waals surface area (Å²) in [5, 5.41) is 16.7. The first kappa shape index (κ1) is 22.9. The monoisotopic (exact) mass is 478 g/mol. The van der Waals surface area contributed by atoms with Crippen molar-refractivity contribution in [2.45, 2.75) is 31.7 Å². The minimum atomic E-state index is -4.38. The molecule has 2 aromatic heterocycles. The predicted octanol–water partition coefficient (Wildman–Crippen LogP) is 3.59. The van der Waals surface area contributed by atoms with Crippen LogP contribution >= 0.6 is 11.3 Å². The van der Waals surface area contributed by atoms with Crippen molar-refractivity contribution >= 4 is 33.8 Å². The lowest BCUT2D eigenvalue weighted by molar-refractivity contribution is -0.137. The summed E-state index contributed by atoms with van der Waals surface area (Å²) >= 11 is 1.28. The number of rotatable bonds is 6. The van der Waals surface area contributed by atoms with Crippen molar-refractivity contribution in [3.05, 3.63) is 59.1 Å². The average molecular weight is 479 g/mol. The van der Waals surface area contributed by atoms with E-state index in [1.165, 1.54) is 29.8 Å². The highest BCUT2D eigenvalue weighted by Gasteiger charge is 2.30. The topological polar surface area (TPSA) is 103 Å². The number of benzene rings is 1. The van der Waals surface area contributed by atoms with E-state index in [-0.39, 0.29) is 24.2 Å². The summed E-state index contributed by atoms with van der Waals surface area (Å²) in [6.45, 7) is 1.49. The lowest BCUT2D eigenvalue weighted by Crippen LogP contribution is -2.36. The molecule has 0 radical (unpaired) electrons. The van der Waals surface area contributed by atoms with E-state index in [1.807, 2.05) is 4.90 Å². The molecule has 3 aromatic rings. The molecule has 1 aromatic carbocycles. The van der Waals surface area contributed by atoms with Crippen LogP contribution in [0.2, 0.25) is 0 Å². The Morgan fingerprint density at radius 2 is 1.88 bits per heavy atom. The number of anilines is 3. The smallest absolute Gasteiger partial charge is 0.393 e. The maximum atomic E-state index is 12.7. The summed E-state index contributed by atoms with van der Waals surface area (Å²) in [5.74, 6) is 0.266. The molecule has 3 heterocycles. The number of hydrogen-bond acceptors (Lipinski definition) is 8. The van der Waals surface area contributed by atoms with Crippen molar-refractivity contribution in [3.8, 4) is 0 Å². The van der Waals surface area contributed by atoms with Crippen LogP contribution in [0.25, 0.3) is 0 Å². The van der Waals surface area contributed by atoms with Crippen molar-refractivity contribution in [1.82, 2.24) is 20.3 Å². The molecule has 0 spiro atoms. The summed E-state index contributed by atoms with van der Waals surface area (Å²) in [7, 11) is 0. The van der Waals surface area contributed by atoms with E-state index in [0.717, 1.165) is 12.1 Å². The summed E-state index contributed by atoms with van der Waals surface area (Å²) in [6.07, 6.45) is -0.489. The van der Waals surface area contributed by atoms with Gasteiger partial charge in [-0.15, -0.1) is 0 Å². The second-order valence-electron chi connectivity index (χ2n) is 7.48. The molecule has 0 atom stereocenters. The van der Waals surface area contributed by atoms with Crippen LogP contribution in [0.4, 0.5) is 29.7 Å². The van der Waals surface area contributed by atoms with E-state index in [9.17, 15) is 23.1 Å². The number of nitrogens with zero attached hydrogens (tertiary/aromatic N) is 4. The lowest BCUT2D eigenvalue weighted by Gasteiger charge is -2.30. The molecule has 0 aliphatic carbocycles. The maximum absolute atomic E-state index is 12.7. The Kier molecular flexibility index (Phi) is 6.75. The second kappa shape index (κ2) is 9.71. The fourth-order valence-corrected chi connectivity index (χ4v) is 4.10. The number of nitrogens with one attached hydrogen (secondary N) is 2. The number of carbonyl (C=O) groups excluding carboxylic acids is 1. The largest absolute Gasteiger partial charge is 0.416 e. The summed E-state index contributed by atoms with van der Waals surface area (Å²) < 4.78 is 38.0. The second-order valence-corrected chi connectivity index (χ2v) is 8.60. The zero-order valence-corrected chi connectivity index (χ0v) is 18.2. The van der Waals surface area contributed by atoms with Crippen LogP contribution in [-0.2, 0) is 12.7 Å². The summed E-state index contributed by atoms with van der Waals surface area (Å²) in [6, 6.07) is 6.32. The Hall–Kier alpha value is -3.25. The quantitative estimate of drug-likeness (QED) is 0.498. The molecule has 4 rings (SSSR count). The van der Waals surface area contributed by atoms with Crippen LogP contribution in [0.15, 0.2) is 42.9 Å². The van der Waals surface area contributed by atoms with Gasteiger partial charge in [-0.2, -0.15) is 13.2 Å². The summed E-state index contributed by atoms with van der Waals surface area (Å²) in [4.78, 5) is 27.0. The summed E-state index contributed by atoms with van der Waals surface area (Å²) in [5.41, 5.74) is 0.0123. The van der Waals surface area contributed by atoms with Crippen molar-refractivity contribution < 1.29 is 23.1 Å². The first-order valence-electron chi connectivity index (χ1n) is 10.2. The molecule has 33 heavy (non-hydrogen) atoms. The van der Waals surface area contributed by atoms with Gasteiger partial charge in [-0.05, 0) is 37.1 Å². The van der Waals surface area contributed by atoms with Crippen molar-refractivity contribution in [1.29, 1.82) is 0 Å². The highest BCUT2D eigenvalue weighted by Crippen LogP contribution is 2.31. The molecular weight excluding hydrogens is 457 g/mol. The molecule has 8 nitrogen and oxygen atoms in total. The molecule has 1 amide bonds. The van der Waals surface area contributed by atoms with Crippen molar-refractivity contribution in [3.63, 3.8) is 0 Å². The minimum absolute atomic E-state index is 0.174. The molecule has 1 fully saturated rings. The van der Waals surface area contributed by atoms with Gasteiger partial charge in [0.2, 0.25) is 0 Å². The van der Waals surface area contributed by atoms with Crippen LogP contribution in [0, 0.1) is 0 Å². The normalized spacial score (nSPS) is 14.8. The Labute approximate surface area is 191 Å². The molecule has 0 bridgehead atoms. The molecule has 1 aliphatic rings. The molecule has 1 aliphatic heterocycles. The molecule has 0 unspecified atom stereocenters.